The van der Waals surface area contributed by atoms with Crippen LogP contribution in [0.5, 0.6) is 0 Å². The van der Waals surface area contributed by atoms with Crippen LogP contribution >= 0.6 is 0 Å². The maximum atomic E-state index is 6.28. The predicted molar refractivity (Wildman–Crippen MR) is 169 cm³/mol. The molecule has 0 unspecified atom stereocenters. The number of aromatic nitrogens is 2. The van der Waals surface area contributed by atoms with Gasteiger partial charge in [-0.3, -0.25) is 0 Å². The number of hydrogen-bond acceptors (Lipinski definition) is 4. The highest BCUT2D eigenvalue weighted by Crippen LogP contribution is 2.37. The summed E-state index contributed by atoms with van der Waals surface area (Å²) < 4.78 is 12.6. The zero-order valence-corrected chi connectivity index (χ0v) is 23.8. The van der Waals surface area contributed by atoms with Gasteiger partial charge in [0.25, 0.3) is 0 Å². The third-order valence-corrected chi connectivity index (χ3v) is 8.49. The average molecular weight is 534 g/mol. The second-order valence-electron chi connectivity index (χ2n) is 11.8. The summed E-state index contributed by atoms with van der Waals surface area (Å²) in [5.74, 6) is 0. The van der Waals surface area contributed by atoms with Gasteiger partial charge in [0.05, 0.1) is 33.6 Å². The van der Waals surface area contributed by atoms with Crippen molar-refractivity contribution >= 4 is 34.4 Å². The van der Waals surface area contributed by atoms with E-state index in [1.165, 1.54) is 0 Å². The van der Waals surface area contributed by atoms with E-state index in [1.807, 2.05) is 24.3 Å². The molecule has 0 aliphatic carbocycles. The zero-order valence-electron chi connectivity index (χ0n) is 23.8. The van der Waals surface area contributed by atoms with E-state index < -0.39 is 0 Å². The highest BCUT2D eigenvalue weighted by Gasteiger charge is 2.51. The van der Waals surface area contributed by atoms with Crippen molar-refractivity contribution in [1.82, 2.24) is 9.97 Å². The molecule has 0 spiro atoms. The van der Waals surface area contributed by atoms with Crippen LogP contribution in [0.1, 0.15) is 27.7 Å². The normalized spacial score (nSPS) is 16.0. The predicted octanol–water partition coefficient (Wildman–Crippen LogP) is 8.08. The lowest BCUT2D eigenvalue weighted by atomic mass is 9.78. The second-order valence-corrected chi connectivity index (χ2v) is 11.8. The van der Waals surface area contributed by atoms with Crippen LogP contribution in [0.15, 0.2) is 115 Å². The second kappa shape index (κ2) is 9.65. The molecule has 4 aromatic carbocycles. The van der Waals surface area contributed by atoms with Gasteiger partial charge in [-0.1, -0.05) is 72.8 Å². The summed E-state index contributed by atoms with van der Waals surface area (Å²) in [4.78, 5) is 10.0. The van der Waals surface area contributed by atoms with Crippen molar-refractivity contribution in [3.8, 4) is 33.6 Å². The van der Waals surface area contributed by atoms with Gasteiger partial charge < -0.3 is 9.31 Å². The van der Waals surface area contributed by atoms with Gasteiger partial charge >= 0.3 is 7.12 Å². The minimum atomic E-state index is -0.389. The van der Waals surface area contributed by atoms with E-state index in [0.29, 0.717) is 0 Å². The molecule has 1 aliphatic heterocycles. The van der Waals surface area contributed by atoms with E-state index in [9.17, 15) is 0 Å². The Kier molecular flexibility index (Phi) is 6.04. The standard InChI is InChI=1S/C36H31BN2O2/c1-35(2)36(3,4)41-37(40-35)30-17-13-24(14-18-30)27-21-28(33-19-15-25-9-5-7-11-31(25)38-33)23-29(22-27)34-20-16-26-10-6-8-12-32(26)39-34/h5-23H,1-4H3. The molecular weight excluding hydrogens is 503 g/mol. The third kappa shape index (κ3) is 4.71. The van der Waals surface area contributed by atoms with Gasteiger partial charge in [0, 0.05) is 21.9 Å². The van der Waals surface area contributed by atoms with E-state index in [1.54, 1.807) is 0 Å². The Bertz CT molecular complexity index is 1800. The van der Waals surface area contributed by atoms with Crippen LogP contribution in [-0.2, 0) is 9.31 Å². The first kappa shape index (κ1) is 25.6. The molecule has 6 aromatic rings. The van der Waals surface area contributed by atoms with Crippen molar-refractivity contribution in [2.75, 3.05) is 0 Å². The molecule has 0 N–H and O–H groups in total. The number of nitrogens with zero attached hydrogens (tertiary/aromatic N) is 2. The number of para-hydroxylation sites is 2. The number of fused-ring (bicyclic) bond motifs is 2. The maximum absolute atomic E-state index is 6.28. The number of hydrogen-bond donors (Lipinski definition) is 0. The molecule has 7 rings (SSSR count). The van der Waals surface area contributed by atoms with E-state index in [0.717, 1.165) is 60.9 Å². The SMILES string of the molecule is CC1(C)OB(c2ccc(-c3cc(-c4ccc5ccccc5n4)cc(-c4ccc5ccccc5n4)c3)cc2)OC1(C)C. The summed E-state index contributed by atoms with van der Waals surface area (Å²) in [6.07, 6.45) is 0. The lowest BCUT2D eigenvalue weighted by Crippen LogP contribution is -2.41. The Morgan fingerprint density at radius 2 is 0.951 bits per heavy atom. The first-order valence-electron chi connectivity index (χ1n) is 14.1. The summed E-state index contributed by atoms with van der Waals surface area (Å²) >= 11 is 0. The molecule has 0 radical (unpaired) electrons. The molecule has 5 heteroatoms. The molecular formula is C36H31BN2O2. The fourth-order valence-corrected chi connectivity index (χ4v) is 5.36. The van der Waals surface area contributed by atoms with Gasteiger partial charge in [-0.25, -0.2) is 9.97 Å². The Morgan fingerprint density at radius 3 is 1.46 bits per heavy atom. The van der Waals surface area contributed by atoms with Crippen LogP contribution in [0.4, 0.5) is 0 Å². The quantitative estimate of drug-likeness (QED) is 0.215. The van der Waals surface area contributed by atoms with Crippen LogP contribution in [-0.4, -0.2) is 28.3 Å². The van der Waals surface area contributed by atoms with Gasteiger partial charge in [-0.15, -0.1) is 0 Å². The first-order valence-corrected chi connectivity index (χ1v) is 14.1. The monoisotopic (exact) mass is 534 g/mol. The van der Waals surface area contributed by atoms with Crippen molar-refractivity contribution in [1.29, 1.82) is 0 Å². The largest absolute Gasteiger partial charge is 0.494 e. The molecule has 3 heterocycles. The molecule has 200 valence electrons. The first-order chi connectivity index (χ1) is 19.8. The Labute approximate surface area is 241 Å². The van der Waals surface area contributed by atoms with E-state index in [4.69, 9.17) is 19.3 Å². The van der Waals surface area contributed by atoms with Crippen LogP contribution in [0, 0.1) is 0 Å². The third-order valence-electron chi connectivity index (χ3n) is 8.49. The lowest BCUT2D eigenvalue weighted by Gasteiger charge is -2.32. The molecule has 1 fully saturated rings. The molecule has 1 aliphatic rings. The minimum Gasteiger partial charge on any atom is -0.399 e. The van der Waals surface area contributed by atoms with Gasteiger partial charge in [0.15, 0.2) is 0 Å². The summed E-state index contributed by atoms with van der Waals surface area (Å²) in [5, 5.41) is 2.25. The van der Waals surface area contributed by atoms with E-state index >= 15 is 0 Å². The van der Waals surface area contributed by atoms with E-state index in [-0.39, 0.29) is 18.3 Å². The van der Waals surface area contributed by atoms with E-state index in [2.05, 4.69) is 119 Å². The summed E-state index contributed by atoms with van der Waals surface area (Å²) in [7, 11) is -0.389. The summed E-state index contributed by atoms with van der Waals surface area (Å²) in [5.41, 5.74) is 8.39. The van der Waals surface area contributed by atoms with Crippen LogP contribution in [0.2, 0.25) is 0 Å². The maximum Gasteiger partial charge on any atom is 0.494 e. The summed E-state index contributed by atoms with van der Waals surface area (Å²) in [6.45, 7) is 8.32. The summed E-state index contributed by atoms with van der Waals surface area (Å²) in [6, 6.07) is 40.0. The number of pyridine rings is 2. The van der Waals surface area contributed by atoms with Crippen molar-refractivity contribution in [2.24, 2.45) is 0 Å². The molecule has 0 saturated carbocycles. The van der Waals surface area contributed by atoms with Crippen LogP contribution in [0.25, 0.3) is 55.4 Å². The topological polar surface area (TPSA) is 44.2 Å². The molecule has 41 heavy (non-hydrogen) atoms. The smallest absolute Gasteiger partial charge is 0.399 e. The van der Waals surface area contributed by atoms with Crippen molar-refractivity contribution in [3.63, 3.8) is 0 Å². The Hall–Kier alpha value is -4.32. The van der Waals surface area contributed by atoms with Crippen LogP contribution in [0.3, 0.4) is 0 Å². The van der Waals surface area contributed by atoms with Crippen molar-refractivity contribution in [2.45, 2.75) is 38.9 Å². The molecule has 0 atom stereocenters. The number of rotatable bonds is 4. The van der Waals surface area contributed by atoms with Crippen LogP contribution < -0.4 is 5.46 Å². The van der Waals surface area contributed by atoms with Gasteiger partial charge in [-0.05, 0) is 86.7 Å². The Morgan fingerprint density at radius 1 is 0.488 bits per heavy atom. The Balaban J connectivity index is 1.32. The zero-order chi connectivity index (χ0) is 28.2. The van der Waals surface area contributed by atoms with Gasteiger partial charge in [0.1, 0.15) is 0 Å². The van der Waals surface area contributed by atoms with Crippen molar-refractivity contribution in [3.05, 3.63) is 115 Å². The molecule has 1 saturated heterocycles. The molecule has 0 bridgehead atoms. The van der Waals surface area contributed by atoms with Gasteiger partial charge in [0.2, 0.25) is 0 Å². The fourth-order valence-electron chi connectivity index (χ4n) is 5.36. The van der Waals surface area contributed by atoms with Gasteiger partial charge in [-0.2, -0.15) is 0 Å². The highest BCUT2D eigenvalue weighted by molar-refractivity contribution is 6.62. The van der Waals surface area contributed by atoms with Crippen molar-refractivity contribution < 1.29 is 9.31 Å². The fraction of sp³-hybridized carbons (Fsp3) is 0.167. The molecule has 0 amide bonds. The molecule has 2 aromatic heterocycles. The minimum absolute atomic E-state index is 0.376. The average Bonchev–Trinajstić information content (AvgIpc) is 3.22. The lowest BCUT2D eigenvalue weighted by molar-refractivity contribution is 0.00578. The number of benzene rings is 4. The molecule has 4 nitrogen and oxygen atoms in total. The highest BCUT2D eigenvalue weighted by atomic mass is 16.7.